The highest BCUT2D eigenvalue weighted by Crippen LogP contribution is 2.18. The largest absolute Gasteiger partial charge is 0.378 e. The molecule has 1 saturated heterocycles. The molecule has 1 aromatic rings. The van der Waals surface area contributed by atoms with E-state index in [9.17, 15) is 0 Å². The molecule has 1 atom stereocenters. The summed E-state index contributed by atoms with van der Waals surface area (Å²) in [5, 5.41) is 5.74. The molecular formula is C14H23NOS. The first-order valence-electron chi connectivity index (χ1n) is 6.77. The number of thiophene rings is 1. The van der Waals surface area contributed by atoms with Gasteiger partial charge in [0.1, 0.15) is 0 Å². The summed E-state index contributed by atoms with van der Waals surface area (Å²) in [7, 11) is 0. The Morgan fingerprint density at radius 2 is 2.47 bits per heavy atom. The molecule has 0 saturated carbocycles. The number of rotatable bonds is 7. The SMILES string of the molecule is CCc1ccsc1CNCCCC1CCCO1. The number of hydrogen-bond donors (Lipinski definition) is 1. The van der Waals surface area contributed by atoms with E-state index in [-0.39, 0.29) is 0 Å². The van der Waals surface area contributed by atoms with E-state index in [2.05, 4.69) is 23.7 Å². The number of aryl methyl sites for hydroxylation is 1. The van der Waals surface area contributed by atoms with Crippen molar-refractivity contribution in [3.8, 4) is 0 Å². The Balaban J connectivity index is 1.56. The predicted octanol–water partition coefficient (Wildman–Crippen LogP) is 3.36. The highest BCUT2D eigenvalue weighted by atomic mass is 32.1. The fraction of sp³-hybridized carbons (Fsp3) is 0.714. The molecule has 1 aliphatic rings. The third-order valence-electron chi connectivity index (χ3n) is 3.41. The number of nitrogens with one attached hydrogen (secondary N) is 1. The highest BCUT2D eigenvalue weighted by Gasteiger charge is 2.14. The molecule has 0 aliphatic carbocycles. The van der Waals surface area contributed by atoms with Gasteiger partial charge in [-0.25, -0.2) is 0 Å². The van der Waals surface area contributed by atoms with Gasteiger partial charge in [0.15, 0.2) is 0 Å². The van der Waals surface area contributed by atoms with Crippen LogP contribution in [0.15, 0.2) is 11.4 Å². The van der Waals surface area contributed by atoms with Crippen molar-refractivity contribution in [3.05, 3.63) is 21.9 Å². The number of hydrogen-bond acceptors (Lipinski definition) is 3. The van der Waals surface area contributed by atoms with Crippen molar-refractivity contribution in [2.75, 3.05) is 13.2 Å². The van der Waals surface area contributed by atoms with Crippen LogP contribution in [0.3, 0.4) is 0 Å². The van der Waals surface area contributed by atoms with Crippen molar-refractivity contribution in [1.82, 2.24) is 5.32 Å². The maximum Gasteiger partial charge on any atom is 0.0576 e. The lowest BCUT2D eigenvalue weighted by Crippen LogP contribution is -2.16. The van der Waals surface area contributed by atoms with Gasteiger partial charge in [-0.3, -0.25) is 0 Å². The van der Waals surface area contributed by atoms with Gasteiger partial charge in [0.2, 0.25) is 0 Å². The molecule has 0 aromatic carbocycles. The quantitative estimate of drug-likeness (QED) is 0.752. The van der Waals surface area contributed by atoms with Crippen molar-refractivity contribution in [2.45, 2.75) is 51.7 Å². The van der Waals surface area contributed by atoms with Gasteiger partial charge in [0, 0.05) is 18.0 Å². The summed E-state index contributed by atoms with van der Waals surface area (Å²) in [6, 6.07) is 2.24. The molecule has 0 spiro atoms. The summed E-state index contributed by atoms with van der Waals surface area (Å²) in [4.78, 5) is 1.50. The van der Waals surface area contributed by atoms with Crippen molar-refractivity contribution >= 4 is 11.3 Å². The fourth-order valence-electron chi connectivity index (χ4n) is 2.37. The van der Waals surface area contributed by atoms with E-state index in [1.54, 1.807) is 0 Å². The molecule has 0 bridgehead atoms. The van der Waals surface area contributed by atoms with Crippen molar-refractivity contribution < 1.29 is 4.74 Å². The lowest BCUT2D eigenvalue weighted by molar-refractivity contribution is 0.102. The molecule has 96 valence electrons. The van der Waals surface area contributed by atoms with E-state index < -0.39 is 0 Å². The van der Waals surface area contributed by atoms with Gasteiger partial charge in [0.05, 0.1) is 6.10 Å². The second-order valence-corrected chi connectivity index (χ2v) is 5.68. The Bertz CT molecular complexity index is 318. The molecule has 17 heavy (non-hydrogen) atoms. The summed E-state index contributed by atoms with van der Waals surface area (Å²) in [6.45, 7) is 5.35. The molecular weight excluding hydrogens is 230 g/mol. The molecule has 2 heterocycles. The maximum atomic E-state index is 5.62. The molecule has 3 heteroatoms. The summed E-state index contributed by atoms with van der Waals surface area (Å²) in [5.74, 6) is 0. The maximum absolute atomic E-state index is 5.62. The fourth-order valence-corrected chi connectivity index (χ4v) is 3.31. The average molecular weight is 253 g/mol. The Kier molecular flexibility index (Phi) is 5.49. The molecule has 0 radical (unpaired) electrons. The van der Waals surface area contributed by atoms with Crippen LogP contribution in [0.4, 0.5) is 0 Å². The third kappa shape index (κ3) is 4.09. The third-order valence-corrected chi connectivity index (χ3v) is 4.37. The van der Waals surface area contributed by atoms with E-state index in [1.165, 1.54) is 36.1 Å². The van der Waals surface area contributed by atoms with E-state index in [1.807, 2.05) is 11.3 Å². The first-order chi connectivity index (χ1) is 8.40. The van der Waals surface area contributed by atoms with Gasteiger partial charge in [0.25, 0.3) is 0 Å². The van der Waals surface area contributed by atoms with Crippen LogP contribution >= 0.6 is 11.3 Å². The summed E-state index contributed by atoms with van der Waals surface area (Å²) in [6.07, 6.45) is 6.68. The zero-order valence-corrected chi connectivity index (χ0v) is 11.5. The minimum atomic E-state index is 0.546. The lowest BCUT2D eigenvalue weighted by atomic mass is 10.1. The molecule has 2 nitrogen and oxygen atoms in total. The standard InChI is InChI=1S/C14H23NOS/c1-2-12-7-10-17-14(12)11-15-8-3-5-13-6-4-9-16-13/h7,10,13,15H,2-6,8-9,11H2,1H3. The summed E-state index contributed by atoms with van der Waals surface area (Å²) < 4.78 is 5.62. The zero-order chi connectivity index (χ0) is 11.9. The Hall–Kier alpha value is -0.380. The van der Waals surface area contributed by atoms with Crippen LogP contribution in [0.2, 0.25) is 0 Å². The van der Waals surface area contributed by atoms with Gasteiger partial charge >= 0.3 is 0 Å². The van der Waals surface area contributed by atoms with Gasteiger partial charge in [-0.1, -0.05) is 6.92 Å². The van der Waals surface area contributed by atoms with Crippen LogP contribution in [0, 0.1) is 0 Å². The van der Waals surface area contributed by atoms with E-state index >= 15 is 0 Å². The van der Waals surface area contributed by atoms with E-state index in [4.69, 9.17) is 4.74 Å². The normalized spacial score (nSPS) is 19.9. The topological polar surface area (TPSA) is 21.3 Å². The Morgan fingerprint density at radius 1 is 1.53 bits per heavy atom. The minimum absolute atomic E-state index is 0.546. The Morgan fingerprint density at radius 3 is 3.24 bits per heavy atom. The van der Waals surface area contributed by atoms with Crippen molar-refractivity contribution in [2.24, 2.45) is 0 Å². The summed E-state index contributed by atoms with van der Waals surface area (Å²) in [5.41, 5.74) is 1.50. The molecule has 0 amide bonds. The second kappa shape index (κ2) is 7.14. The van der Waals surface area contributed by atoms with Crippen LogP contribution in [-0.2, 0) is 17.7 Å². The van der Waals surface area contributed by atoms with Gasteiger partial charge < -0.3 is 10.1 Å². The second-order valence-electron chi connectivity index (χ2n) is 4.68. The van der Waals surface area contributed by atoms with Crippen LogP contribution in [0.25, 0.3) is 0 Å². The van der Waals surface area contributed by atoms with E-state index in [0.29, 0.717) is 6.10 Å². The van der Waals surface area contributed by atoms with Crippen LogP contribution in [0.1, 0.15) is 43.0 Å². The first kappa shape index (κ1) is 13.1. The summed E-state index contributed by atoms with van der Waals surface area (Å²) >= 11 is 1.87. The van der Waals surface area contributed by atoms with Gasteiger partial charge in [-0.2, -0.15) is 0 Å². The van der Waals surface area contributed by atoms with Gasteiger partial charge in [-0.05, 0) is 55.7 Å². The van der Waals surface area contributed by atoms with E-state index in [0.717, 1.165) is 26.1 Å². The lowest BCUT2D eigenvalue weighted by Gasteiger charge is -2.09. The van der Waals surface area contributed by atoms with Gasteiger partial charge in [-0.15, -0.1) is 11.3 Å². The molecule has 2 rings (SSSR count). The van der Waals surface area contributed by atoms with Crippen LogP contribution in [-0.4, -0.2) is 19.3 Å². The van der Waals surface area contributed by atoms with Crippen molar-refractivity contribution in [3.63, 3.8) is 0 Å². The monoisotopic (exact) mass is 253 g/mol. The minimum Gasteiger partial charge on any atom is -0.378 e. The average Bonchev–Trinajstić information content (AvgIpc) is 2.98. The van der Waals surface area contributed by atoms with Crippen LogP contribution in [0.5, 0.6) is 0 Å². The Labute approximate surface area is 108 Å². The molecule has 1 N–H and O–H groups in total. The molecule has 1 aliphatic heterocycles. The molecule has 1 unspecified atom stereocenters. The van der Waals surface area contributed by atoms with Crippen molar-refractivity contribution in [1.29, 1.82) is 0 Å². The smallest absolute Gasteiger partial charge is 0.0576 e. The zero-order valence-electron chi connectivity index (χ0n) is 10.7. The predicted molar refractivity (Wildman–Crippen MR) is 73.6 cm³/mol. The number of ether oxygens (including phenoxy) is 1. The molecule has 1 fully saturated rings. The molecule has 1 aromatic heterocycles. The highest BCUT2D eigenvalue weighted by molar-refractivity contribution is 7.10. The van der Waals surface area contributed by atoms with Crippen LogP contribution < -0.4 is 5.32 Å². The first-order valence-corrected chi connectivity index (χ1v) is 7.65.